The summed E-state index contributed by atoms with van der Waals surface area (Å²) in [5, 5.41) is 13.2. The van der Waals surface area contributed by atoms with Gasteiger partial charge in [0.1, 0.15) is 0 Å². The Bertz CT molecular complexity index is 703. The van der Waals surface area contributed by atoms with E-state index >= 15 is 0 Å². The van der Waals surface area contributed by atoms with Crippen LogP contribution in [0.5, 0.6) is 0 Å². The van der Waals surface area contributed by atoms with Gasteiger partial charge in [0.2, 0.25) is 5.91 Å². The minimum atomic E-state index is 0.0528. The third-order valence-corrected chi connectivity index (χ3v) is 5.41. The van der Waals surface area contributed by atoms with Gasteiger partial charge in [0.05, 0.1) is 5.52 Å². The van der Waals surface area contributed by atoms with Crippen molar-refractivity contribution in [3.63, 3.8) is 0 Å². The van der Waals surface area contributed by atoms with Gasteiger partial charge in [-0.15, -0.1) is 0 Å². The van der Waals surface area contributed by atoms with Gasteiger partial charge in [-0.25, -0.2) is 0 Å². The van der Waals surface area contributed by atoms with E-state index in [2.05, 4.69) is 34.6 Å². The number of benzene rings is 1. The van der Waals surface area contributed by atoms with E-state index in [-0.39, 0.29) is 18.6 Å². The first-order valence-corrected chi connectivity index (χ1v) is 9.41. The van der Waals surface area contributed by atoms with Crippen LogP contribution in [0, 0.1) is 5.92 Å². The fourth-order valence-corrected chi connectivity index (χ4v) is 4.01. The molecule has 0 spiro atoms. The van der Waals surface area contributed by atoms with Crippen LogP contribution in [0.3, 0.4) is 0 Å². The molecule has 1 fully saturated rings. The zero-order valence-electron chi connectivity index (χ0n) is 14.9. The number of nitrogens with one attached hydrogen (secondary N) is 1. The molecule has 3 rings (SSSR count). The lowest BCUT2D eigenvalue weighted by Gasteiger charge is -2.29. The van der Waals surface area contributed by atoms with Crippen molar-refractivity contribution in [3.8, 4) is 0 Å². The van der Waals surface area contributed by atoms with Gasteiger partial charge in [-0.1, -0.05) is 18.2 Å². The maximum absolute atomic E-state index is 12.1. The zero-order valence-corrected chi connectivity index (χ0v) is 14.9. The number of rotatable bonds is 6. The fourth-order valence-electron chi connectivity index (χ4n) is 4.01. The Morgan fingerprint density at radius 2 is 2.00 bits per heavy atom. The summed E-state index contributed by atoms with van der Waals surface area (Å²) >= 11 is 0. The maximum atomic E-state index is 12.1. The Hall–Kier alpha value is -1.94. The predicted octanol–water partition coefficient (Wildman–Crippen LogP) is 3.79. The minimum Gasteiger partial charge on any atom is -0.396 e. The topological polar surface area (TPSA) is 62.2 Å². The predicted molar refractivity (Wildman–Crippen MR) is 100 cm³/mol. The lowest BCUT2D eigenvalue weighted by molar-refractivity contribution is -0.122. The summed E-state index contributed by atoms with van der Waals surface area (Å²) in [6.45, 7) is 2.06. The van der Waals surface area contributed by atoms with Crippen molar-refractivity contribution in [3.05, 3.63) is 42.1 Å². The summed E-state index contributed by atoms with van der Waals surface area (Å²) in [5.74, 6) is 1.17. The molecule has 25 heavy (non-hydrogen) atoms. The Morgan fingerprint density at radius 1 is 1.24 bits per heavy atom. The number of nitrogens with zero attached hydrogens (tertiary/aromatic N) is 1. The number of aromatic nitrogens is 1. The van der Waals surface area contributed by atoms with Crippen LogP contribution in [0.15, 0.2) is 36.5 Å². The molecule has 1 heterocycles. The molecule has 1 unspecified atom stereocenters. The zero-order chi connectivity index (χ0) is 17.6. The first-order valence-electron chi connectivity index (χ1n) is 9.41. The minimum absolute atomic E-state index is 0.0528. The van der Waals surface area contributed by atoms with Crippen molar-refractivity contribution in [2.45, 2.75) is 57.4 Å². The van der Waals surface area contributed by atoms with Crippen molar-refractivity contribution >= 4 is 16.8 Å². The molecule has 0 aliphatic heterocycles. The van der Waals surface area contributed by atoms with E-state index in [1.165, 1.54) is 10.9 Å². The van der Waals surface area contributed by atoms with Gasteiger partial charge < -0.3 is 10.4 Å². The van der Waals surface area contributed by atoms with Gasteiger partial charge in [0.15, 0.2) is 0 Å². The van der Waals surface area contributed by atoms with Gasteiger partial charge in [-0.3, -0.25) is 9.78 Å². The summed E-state index contributed by atoms with van der Waals surface area (Å²) in [5.41, 5.74) is 2.48. The third-order valence-electron chi connectivity index (χ3n) is 5.41. The third kappa shape index (κ3) is 4.57. The van der Waals surface area contributed by atoms with Gasteiger partial charge in [-0.05, 0) is 68.6 Å². The molecule has 1 saturated carbocycles. The summed E-state index contributed by atoms with van der Waals surface area (Å²) < 4.78 is 0. The van der Waals surface area contributed by atoms with Crippen LogP contribution in [0.25, 0.3) is 10.9 Å². The van der Waals surface area contributed by atoms with E-state index in [0.717, 1.165) is 31.2 Å². The Balaban J connectivity index is 1.56. The standard InChI is InChI=1S/C21H28N2O2/c1-15(11-13-24)23-21(25)14-16-6-8-17(9-7-16)18-10-12-22-20-5-3-2-4-19(18)20/h2-5,10,12,15-17,24H,6-9,11,13-14H2,1H3,(H,23,25). The molecule has 0 radical (unpaired) electrons. The Morgan fingerprint density at radius 3 is 2.76 bits per heavy atom. The van der Waals surface area contributed by atoms with Gasteiger partial charge >= 0.3 is 0 Å². The van der Waals surface area contributed by atoms with Crippen molar-refractivity contribution in [1.29, 1.82) is 0 Å². The van der Waals surface area contributed by atoms with Gasteiger partial charge in [0, 0.05) is 30.7 Å². The number of aliphatic hydroxyl groups is 1. The quantitative estimate of drug-likeness (QED) is 0.841. The number of amides is 1. The molecule has 0 bridgehead atoms. The van der Waals surface area contributed by atoms with Crippen LogP contribution in [0.1, 0.15) is 56.9 Å². The first kappa shape index (κ1) is 17.9. The molecular formula is C21H28N2O2. The molecule has 1 atom stereocenters. The molecule has 134 valence electrons. The highest BCUT2D eigenvalue weighted by atomic mass is 16.3. The lowest BCUT2D eigenvalue weighted by Crippen LogP contribution is -2.34. The highest BCUT2D eigenvalue weighted by Crippen LogP contribution is 2.39. The summed E-state index contributed by atoms with van der Waals surface area (Å²) in [6, 6.07) is 10.6. The Kier molecular flexibility index (Phi) is 6.03. The number of carbonyl (C=O) groups is 1. The number of hydrogen-bond acceptors (Lipinski definition) is 3. The fraction of sp³-hybridized carbons (Fsp3) is 0.524. The Labute approximate surface area is 149 Å². The summed E-state index contributed by atoms with van der Waals surface area (Å²) in [6.07, 6.45) is 7.62. The molecule has 4 heteroatoms. The van der Waals surface area contributed by atoms with Crippen LogP contribution >= 0.6 is 0 Å². The summed E-state index contributed by atoms with van der Waals surface area (Å²) in [4.78, 5) is 16.6. The van der Waals surface area contributed by atoms with E-state index in [1.807, 2.05) is 19.2 Å². The van der Waals surface area contributed by atoms with E-state index < -0.39 is 0 Å². The number of para-hydroxylation sites is 1. The largest absolute Gasteiger partial charge is 0.396 e. The van der Waals surface area contributed by atoms with E-state index in [1.54, 1.807) is 0 Å². The van der Waals surface area contributed by atoms with Crippen LogP contribution in [-0.4, -0.2) is 28.6 Å². The number of hydrogen-bond donors (Lipinski definition) is 2. The molecule has 1 aromatic heterocycles. The molecule has 4 nitrogen and oxygen atoms in total. The first-order chi connectivity index (χ1) is 12.2. The maximum Gasteiger partial charge on any atom is 0.220 e. The molecule has 1 aliphatic rings. The number of fused-ring (bicyclic) bond motifs is 1. The van der Waals surface area contributed by atoms with E-state index in [0.29, 0.717) is 24.7 Å². The van der Waals surface area contributed by atoms with Gasteiger partial charge in [0.25, 0.3) is 0 Å². The molecular weight excluding hydrogens is 312 g/mol. The lowest BCUT2D eigenvalue weighted by atomic mass is 9.77. The second-order valence-electron chi connectivity index (χ2n) is 7.32. The molecule has 1 aromatic carbocycles. The monoisotopic (exact) mass is 340 g/mol. The molecule has 0 saturated heterocycles. The average Bonchev–Trinajstić information content (AvgIpc) is 2.62. The number of aliphatic hydroxyl groups excluding tert-OH is 1. The van der Waals surface area contributed by atoms with Crippen LogP contribution in [-0.2, 0) is 4.79 Å². The SMILES string of the molecule is CC(CCO)NC(=O)CC1CCC(c2ccnc3ccccc23)CC1. The molecule has 2 N–H and O–H groups in total. The van der Waals surface area contributed by atoms with Gasteiger partial charge in [-0.2, -0.15) is 0 Å². The van der Waals surface area contributed by atoms with E-state index in [4.69, 9.17) is 5.11 Å². The smallest absolute Gasteiger partial charge is 0.220 e. The van der Waals surface area contributed by atoms with Crippen molar-refractivity contribution < 1.29 is 9.90 Å². The number of carbonyl (C=O) groups excluding carboxylic acids is 1. The van der Waals surface area contributed by atoms with E-state index in [9.17, 15) is 4.79 Å². The second kappa shape index (κ2) is 8.43. The van der Waals surface area contributed by atoms with Crippen LogP contribution in [0.2, 0.25) is 0 Å². The van der Waals surface area contributed by atoms with Crippen LogP contribution < -0.4 is 5.32 Å². The van der Waals surface area contributed by atoms with Crippen LogP contribution in [0.4, 0.5) is 0 Å². The van der Waals surface area contributed by atoms with Crippen molar-refractivity contribution in [1.82, 2.24) is 10.3 Å². The van der Waals surface area contributed by atoms with Crippen molar-refractivity contribution in [2.24, 2.45) is 5.92 Å². The van der Waals surface area contributed by atoms with Crippen molar-refractivity contribution in [2.75, 3.05) is 6.61 Å². The average molecular weight is 340 g/mol. The molecule has 1 aliphatic carbocycles. The highest BCUT2D eigenvalue weighted by Gasteiger charge is 2.25. The molecule has 2 aromatic rings. The second-order valence-corrected chi connectivity index (χ2v) is 7.32. The summed E-state index contributed by atoms with van der Waals surface area (Å²) in [7, 11) is 0. The molecule has 1 amide bonds. The highest BCUT2D eigenvalue weighted by molar-refractivity contribution is 5.82. The number of pyridine rings is 1. The normalized spacial score (nSPS) is 21.8.